The lowest BCUT2D eigenvalue weighted by atomic mass is 10.1. The number of amides is 1. The van der Waals surface area contributed by atoms with E-state index in [0.29, 0.717) is 16.3 Å². The number of nitrogens with one attached hydrogen (secondary N) is 1. The van der Waals surface area contributed by atoms with Gasteiger partial charge in [0.25, 0.3) is 5.91 Å². The van der Waals surface area contributed by atoms with Gasteiger partial charge in [0.1, 0.15) is 0 Å². The molecular formula is C22H19ClN2O5S. The average Bonchev–Trinajstić information content (AvgIpc) is 3.19. The van der Waals surface area contributed by atoms with Crippen molar-refractivity contribution >= 4 is 45.9 Å². The Balaban J connectivity index is 1.74. The molecule has 1 unspecified atom stereocenters. The average molecular weight is 459 g/mol. The maximum atomic E-state index is 12.9. The van der Waals surface area contributed by atoms with Crippen molar-refractivity contribution in [1.82, 2.24) is 4.98 Å². The van der Waals surface area contributed by atoms with Crippen LogP contribution in [0, 0.1) is 0 Å². The fraction of sp³-hybridized carbons (Fsp3) is 0.182. The van der Waals surface area contributed by atoms with Crippen LogP contribution >= 0.6 is 22.9 Å². The molecule has 3 rings (SSSR count). The highest BCUT2D eigenvalue weighted by Crippen LogP contribution is 2.24. The monoisotopic (exact) mass is 458 g/mol. The largest absolute Gasteiger partial charge is 0.466 e. The Morgan fingerprint density at radius 1 is 1.10 bits per heavy atom. The molecule has 0 radical (unpaired) electrons. The summed E-state index contributed by atoms with van der Waals surface area (Å²) >= 11 is 7.02. The summed E-state index contributed by atoms with van der Waals surface area (Å²) in [5.74, 6) is -1.63. The Morgan fingerprint density at radius 3 is 2.48 bits per heavy atom. The summed E-state index contributed by atoms with van der Waals surface area (Å²) in [6.07, 6.45) is -1.18. The topological polar surface area (TPSA) is 94.6 Å². The first-order chi connectivity index (χ1) is 15.0. The molecule has 0 aliphatic rings. The predicted molar refractivity (Wildman–Crippen MR) is 117 cm³/mol. The molecule has 7 nitrogen and oxygen atoms in total. The molecule has 0 saturated carbocycles. The Labute approximate surface area is 188 Å². The Bertz CT molecular complexity index is 1050. The first-order valence-corrected chi connectivity index (χ1v) is 10.6. The number of rotatable bonds is 8. The van der Waals surface area contributed by atoms with Crippen LogP contribution in [0.1, 0.15) is 34.6 Å². The van der Waals surface area contributed by atoms with Gasteiger partial charge in [-0.1, -0.05) is 41.9 Å². The van der Waals surface area contributed by atoms with Gasteiger partial charge in [-0.15, -0.1) is 11.3 Å². The second-order valence-corrected chi connectivity index (χ2v) is 7.61. The number of hydrogen-bond acceptors (Lipinski definition) is 7. The number of carbonyl (C=O) groups is 3. The predicted octanol–water partition coefficient (Wildman–Crippen LogP) is 4.44. The third kappa shape index (κ3) is 6.37. The zero-order valence-electron chi connectivity index (χ0n) is 16.5. The van der Waals surface area contributed by atoms with Gasteiger partial charge in [0.15, 0.2) is 5.13 Å². The van der Waals surface area contributed by atoms with Gasteiger partial charge in [-0.25, -0.2) is 9.78 Å². The molecule has 0 saturated heterocycles. The normalized spacial score (nSPS) is 11.4. The lowest BCUT2D eigenvalue weighted by molar-refractivity contribution is -0.142. The van der Waals surface area contributed by atoms with E-state index in [1.54, 1.807) is 54.8 Å². The molecule has 9 heteroatoms. The minimum Gasteiger partial charge on any atom is -0.466 e. The van der Waals surface area contributed by atoms with Gasteiger partial charge in [-0.3, -0.25) is 14.9 Å². The Hall–Kier alpha value is -3.23. The van der Waals surface area contributed by atoms with Gasteiger partial charge in [-0.05, 0) is 31.2 Å². The minimum atomic E-state index is -1.19. The number of halogens is 1. The van der Waals surface area contributed by atoms with Crippen LogP contribution in [0.5, 0.6) is 0 Å². The number of nitrogens with zero attached hydrogens (tertiary/aromatic N) is 1. The maximum absolute atomic E-state index is 12.9. The smallest absolute Gasteiger partial charge is 0.339 e. The van der Waals surface area contributed by atoms with Crippen LogP contribution in [0.15, 0.2) is 60.0 Å². The lowest BCUT2D eigenvalue weighted by Crippen LogP contribution is -2.26. The molecule has 160 valence electrons. The number of benzene rings is 2. The van der Waals surface area contributed by atoms with Gasteiger partial charge in [0, 0.05) is 16.0 Å². The second kappa shape index (κ2) is 10.7. The molecule has 0 aliphatic heterocycles. The second-order valence-electron chi connectivity index (χ2n) is 6.32. The Morgan fingerprint density at radius 2 is 1.81 bits per heavy atom. The zero-order chi connectivity index (χ0) is 22.2. The number of carbonyl (C=O) groups excluding carboxylic acids is 3. The maximum Gasteiger partial charge on any atom is 0.339 e. The molecule has 1 amide bonds. The highest BCUT2D eigenvalue weighted by molar-refractivity contribution is 7.13. The number of aromatic nitrogens is 1. The van der Waals surface area contributed by atoms with E-state index in [1.165, 1.54) is 12.1 Å². The van der Waals surface area contributed by atoms with E-state index in [9.17, 15) is 14.4 Å². The van der Waals surface area contributed by atoms with Crippen molar-refractivity contribution in [2.24, 2.45) is 0 Å². The molecule has 0 aliphatic carbocycles. The van der Waals surface area contributed by atoms with E-state index in [2.05, 4.69) is 10.3 Å². The van der Waals surface area contributed by atoms with E-state index in [4.69, 9.17) is 21.1 Å². The SMILES string of the molecule is CCOC(=O)Cc1csc(NC(=O)C(OC(=O)c2ccc(Cl)cc2)c2ccccc2)n1. The quantitative estimate of drug-likeness (QED) is 0.501. The van der Waals surface area contributed by atoms with Crippen LogP contribution in [-0.4, -0.2) is 29.4 Å². The van der Waals surface area contributed by atoms with Crippen LogP contribution in [0.3, 0.4) is 0 Å². The van der Waals surface area contributed by atoms with Crippen molar-refractivity contribution in [3.8, 4) is 0 Å². The fourth-order valence-electron chi connectivity index (χ4n) is 2.64. The highest BCUT2D eigenvalue weighted by Gasteiger charge is 2.26. The number of anilines is 1. The van der Waals surface area contributed by atoms with Crippen LogP contribution in [0.25, 0.3) is 0 Å². The number of ether oxygens (including phenoxy) is 2. The van der Waals surface area contributed by atoms with Crippen molar-refractivity contribution in [3.63, 3.8) is 0 Å². The molecule has 31 heavy (non-hydrogen) atoms. The summed E-state index contributed by atoms with van der Waals surface area (Å²) in [4.78, 5) is 41.3. The van der Waals surface area contributed by atoms with Crippen LogP contribution in [0.2, 0.25) is 5.02 Å². The first-order valence-electron chi connectivity index (χ1n) is 9.38. The summed E-state index contributed by atoms with van der Waals surface area (Å²) < 4.78 is 10.4. The molecule has 0 bridgehead atoms. The van der Waals surface area contributed by atoms with E-state index in [1.807, 2.05) is 0 Å². The van der Waals surface area contributed by atoms with Gasteiger partial charge >= 0.3 is 11.9 Å². The third-order valence-electron chi connectivity index (χ3n) is 4.06. The summed E-state index contributed by atoms with van der Waals surface area (Å²) in [6.45, 7) is 2.00. The summed E-state index contributed by atoms with van der Waals surface area (Å²) in [7, 11) is 0. The van der Waals surface area contributed by atoms with Crippen LogP contribution in [-0.2, 0) is 25.5 Å². The van der Waals surface area contributed by atoms with Crippen LogP contribution < -0.4 is 5.32 Å². The highest BCUT2D eigenvalue weighted by atomic mass is 35.5. The van der Waals surface area contributed by atoms with E-state index < -0.39 is 23.9 Å². The summed E-state index contributed by atoms with van der Waals surface area (Å²) in [6, 6.07) is 14.8. The number of hydrogen-bond donors (Lipinski definition) is 1. The standard InChI is InChI=1S/C22H19ClN2O5S/c1-2-29-18(26)12-17-13-31-22(24-17)25-20(27)19(14-6-4-3-5-7-14)30-21(28)15-8-10-16(23)11-9-15/h3-11,13,19H,2,12H2,1H3,(H,24,25,27). The van der Waals surface area contributed by atoms with Crippen molar-refractivity contribution in [2.75, 3.05) is 11.9 Å². The lowest BCUT2D eigenvalue weighted by Gasteiger charge is -2.17. The van der Waals surface area contributed by atoms with E-state index in [0.717, 1.165) is 11.3 Å². The van der Waals surface area contributed by atoms with Crippen molar-refractivity contribution in [2.45, 2.75) is 19.4 Å². The zero-order valence-corrected chi connectivity index (χ0v) is 18.1. The van der Waals surface area contributed by atoms with E-state index in [-0.39, 0.29) is 23.7 Å². The van der Waals surface area contributed by atoms with Crippen molar-refractivity contribution in [1.29, 1.82) is 0 Å². The molecule has 0 fully saturated rings. The van der Waals surface area contributed by atoms with E-state index >= 15 is 0 Å². The van der Waals surface area contributed by atoms with Crippen LogP contribution in [0.4, 0.5) is 5.13 Å². The molecular weight excluding hydrogens is 440 g/mol. The summed E-state index contributed by atoms with van der Waals surface area (Å²) in [5, 5.41) is 5.07. The molecule has 2 aromatic carbocycles. The van der Waals surface area contributed by atoms with Gasteiger partial charge in [-0.2, -0.15) is 0 Å². The molecule has 1 N–H and O–H groups in total. The molecule has 1 atom stereocenters. The van der Waals surface area contributed by atoms with Gasteiger partial charge < -0.3 is 9.47 Å². The molecule has 0 spiro atoms. The summed E-state index contributed by atoms with van der Waals surface area (Å²) in [5.41, 5.74) is 1.25. The van der Waals surface area contributed by atoms with Gasteiger partial charge in [0.2, 0.25) is 6.10 Å². The van der Waals surface area contributed by atoms with Gasteiger partial charge in [0.05, 0.1) is 24.3 Å². The number of thiazole rings is 1. The fourth-order valence-corrected chi connectivity index (χ4v) is 3.48. The number of esters is 2. The Kier molecular flexibility index (Phi) is 7.75. The molecule has 3 aromatic rings. The van der Waals surface area contributed by atoms with Crippen molar-refractivity contribution < 1.29 is 23.9 Å². The molecule has 1 aromatic heterocycles. The minimum absolute atomic E-state index is 0.00781. The third-order valence-corrected chi connectivity index (χ3v) is 5.12. The first kappa shape index (κ1) is 22.5. The van der Waals surface area contributed by atoms with Crippen molar-refractivity contribution in [3.05, 3.63) is 81.8 Å². The molecule has 1 heterocycles.